The lowest BCUT2D eigenvalue weighted by Crippen LogP contribution is -2.35. The van der Waals surface area contributed by atoms with E-state index < -0.39 is 21.7 Å². The van der Waals surface area contributed by atoms with E-state index in [-0.39, 0.29) is 23.6 Å². The number of esters is 1. The van der Waals surface area contributed by atoms with Crippen molar-refractivity contribution in [3.05, 3.63) is 28.7 Å². The Morgan fingerprint density at radius 3 is 2.64 bits per heavy atom. The van der Waals surface area contributed by atoms with Gasteiger partial charge in [0.2, 0.25) is 10.0 Å². The number of carbonyl (C=O) groups is 1. The molecule has 136 valence electrons. The van der Waals surface area contributed by atoms with Crippen molar-refractivity contribution < 1.29 is 22.4 Å². The smallest absolute Gasteiger partial charge is 0.420 e. The van der Waals surface area contributed by atoms with Crippen molar-refractivity contribution in [3.63, 3.8) is 0 Å². The van der Waals surface area contributed by atoms with Crippen LogP contribution < -0.4 is 5.76 Å². The molecule has 8 nitrogen and oxygen atoms in total. The van der Waals surface area contributed by atoms with Crippen LogP contribution in [0.3, 0.4) is 0 Å². The zero-order chi connectivity index (χ0) is 18.0. The second kappa shape index (κ2) is 7.01. The van der Waals surface area contributed by atoms with Crippen LogP contribution in [-0.4, -0.2) is 43.0 Å². The lowest BCUT2D eigenvalue weighted by atomic mass is 10.2. The highest BCUT2D eigenvalue weighted by Gasteiger charge is 2.27. The summed E-state index contributed by atoms with van der Waals surface area (Å²) in [5, 5.41) is 0. The van der Waals surface area contributed by atoms with Gasteiger partial charge < -0.3 is 9.15 Å². The van der Waals surface area contributed by atoms with E-state index in [1.807, 2.05) is 0 Å². The molecule has 1 aliphatic heterocycles. The van der Waals surface area contributed by atoms with Gasteiger partial charge in [0.05, 0.1) is 17.0 Å². The molecule has 0 radical (unpaired) electrons. The van der Waals surface area contributed by atoms with Gasteiger partial charge >= 0.3 is 11.7 Å². The van der Waals surface area contributed by atoms with Gasteiger partial charge in [-0.05, 0) is 31.9 Å². The summed E-state index contributed by atoms with van der Waals surface area (Å²) in [5.41, 5.74) is 0.489. The summed E-state index contributed by atoms with van der Waals surface area (Å²) in [4.78, 5) is 23.7. The first kappa shape index (κ1) is 17.7. The van der Waals surface area contributed by atoms with Crippen molar-refractivity contribution in [2.24, 2.45) is 0 Å². The first-order chi connectivity index (χ1) is 11.9. The number of carbonyl (C=O) groups excluding carboxylic acids is 1. The van der Waals surface area contributed by atoms with Crippen LogP contribution in [0.2, 0.25) is 0 Å². The summed E-state index contributed by atoms with van der Waals surface area (Å²) >= 11 is 0. The van der Waals surface area contributed by atoms with Crippen molar-refractivity contribution in [2.75, 3.05) is 19.7 Å². The summed E-state index contributed by atoms with van der Waals surface area (Å²) in [6.07, 6.45) is 2.70. The van der Waals surface area contributed by atoms with E-state index in [0.29, 0.717) is 18.6 Å². The van der Waals surface area contributed by atoms with Crippen molar-refractivity contribution in [3.8, 4) is 0 Å². The molecule has 0 N–H and O–H groups in total. The van der Waals surface area contributed by atoms with E-state index >= 15 is 0 Å². The Balaban J connectivity index is 1.96. The Kier molecular flexibility index (Phi) is 4.96. The van der Waals surface area contributed by atoms with Crippen molar-refractivity contribution >= 4 is 27.1 Å². The third-order valence-corrected chi connectivity index (χ3v) is 6.08. The fourth-order valence-corrected chi connectivity index (χ4v) is 4.48. The fourth-order valence-electron chi connectivity index (χ4n) is 2.95. The molecule has 0 unspecified atom stereocenters. The van der Waals surface area contributed by atoms with Crippen LogP contribution >= 0.6 is 0 Å². The first-order valence-corrected chi connectivity index (χ1v) is 9.66. The van der Waals surface area contributed by atoms with Gasteiger partial charge in [-0.1, -0.05) is 6.42 Å². The predicted molar refractivity (Wildman–Crippen MR) is 89.7 cm³/mol. The summed E-state index contributed by atoms with van der Waals surface area (Å²) in [7, 11) is -3.62. The second-order valence-corrected chi connectivity index (χ2v) is 7.79. The topological polar surface area (TPSA) is 98.8 Å². The van der Waals surface area contributed by atoms with Crippen LogP contribution in [0.4, 0.5) is 0 Å². The van der Waals surface area contributed by atoms with Crippen molar-refractivity contribution in [1.82, 2.24) is 8.87 Å². The summed E-state index contributed by atoms with van der Waals surface area (Å²) < 4.78 is 38.0. The molecule has 0 saturated carbocycles. The lowest BCUT2D eigenvalue weighted by molar-refractivity contribution is -0.143. The molecular formula is C16H20N2O6S. The van der Waals surface area contributed by atoms with Gasteiger partial charge in [0.15, 0.2) is 5.58 Å². The SMILES string of the molecule is CCOC(=O)Cn1c(=O)oc2cc(S(=O)(=O)N3CCCCC3)ccc21. The first-order valence-electron chi connectivity index (χ1n) is 8.22. The third-order valence-electron chi connectivity index (χ3n) is 4.19. The van der Waals surface area contributed by atoms with Gasteiger partial charge in [0, 0.05) is 19.2 Å². The van der Waals surface area contributed by atoms with E-state index in [4.69, 9.17) is 9.15 Å². The maximum atomic E-state index is 12.7. The number of hydrogen-bond donors (Lipinski definition) is 0. The number of benzene rings is 1. The van der Waals surface area contributed by atoms with Gasteiger partial charge in [-0.3, -0.25) is 9.36 Å². The zero-order valence-electron chi connectivity index (χ0n) is 13.9. The van der Waals surface area contributed by atoms with E-state index in [9.17, 15) is 18.0 Å². The van der Waals surface area contributed by atoms with E-state index in [0.717, 1.165) is 23.8 Å². The number of oxazole rings is 1. The normalized spacial score (nSPS) is 16.2. The molecule has 25 heavy (non-hydrogen) atoms. The average Bonchev–Trinajstić information content (AvgIpc) is 2.91. The molecule has 2 heterocycles. The molecule has 1 fully saturated rings. The molecule has 1 aromatic heterocycles. The van der Waals surface area contributed by atoms with Gasteiger partial charge in [0.1, 0.15) is 6.54 Å². The number of piperidine rings is 1. The zero-order valence-corrected chi connectivity index (χ0v) is 14.8. The third kappa shape index (κ3) is 3.47. The Labute approximate surface area is 145 Å². The van der Waals surface area contributed by atoms with E-state index in [2.05, 4.69) is 0 Å². The van der Waals surface area contributed by atoms with Crippen LogP contribution in [0.1, 0.15) is 26.2 Å². The quantitative estimate of drug-likeness (QED) is 0.739. The highest BCUT2D eigenvalue weighted by molar-refractivity contribution is 7.89. The minimum atomic E-state index is -3.62. The molecule has 3 rings (SSSR count). The molecule has 1 aliphatic rings. The Morgan fingerprint density at radius 2 is 1.96 bits per heavy atom. The maximum Gasteiger partial charge on any atom is 0.420 e. The highest BCUT2D eigenvalue weighted by Crippen LogP contribution is 2.24. The molecule has 2 aromatic rings. The Hall–Kier alpha value is -2.13. The molecule has 0 spiro atoms. The summed E-state index contributed by atoms with van der Waals surface area (Å²) in [6, 6.07) is 4.25. The number of hydrogen-bond acceptors (Lipinski definition) is 6. The summed E-state index contributed by atoms with van der Waals surface area (Å²) in [6.45, 7) is 2.59. The fraction of sp³-hybridized carbons (Fsp3) is 0.500. The minimum absolute atomic E-state index is 0.0823. The molecule has 1 saturated heterocycles. The minimum Gasteiger partial charge on any atom is -0.465 e. The number of fused-ring (bicyclic) bond motifs is 1. The summed E-state index contributed by atoms with van der Waals surface area (Å²) in [5.74, 6) is -1.28. The second-order valence-electron chi connectivity index (χ2n) is 5.85. The van der Waals surface area contributed by atoms with Gasteiger partial charge in [-0.2, -0.15) is 4.31 Å². The van der Waals surface area contributed by atoms with Crippen LogP contribution in [0.15, 0.2) is 32.3 Å². The van der Waals surface area contributed by atoms with E-state index in [1.165, 1.54) is 22.5 Å². The molecule has 0 aliphatic carbocycles. The molecule has 0 atom stereocenters. The lowest BCUT2D eigenvalue weighted by Gasteiger charge is -2.25. The monoisotopic (exact) mass is 368 g/mol. The highest BCUT2D eigenvalue weighted by atomic mass is 32.2. The van der Waals surface area contributed by atoms with Crippen molar-refractivity contribution in [1.29, 1.82) is 0 Å². The largest absolute Gasteiger partial charge is 0.465 e. The van der Waals surface area contributed by atoms with Gasteiger partial charge in [0.25, 0.3) is 0 Å². The molecule has 0 amide bonds. The van der Waals surface area contributed by atoms with Gasteiger partial charge in [-0.15, -0.1) is 0 Å². The molecule has 0 bridgehead atoms. The Bertz CT molecular complexity index is 937. The molecule has 1 aromatic carbocycles. The van der Waals surface area contributed by atoms with Crippen LogP contribution in [-0.2, 0) is 26.1 Å². The number of rotatable bonds is 5. The predicted octanol–water partition coefficient (Wildman–Crippen LogP) is 1.33. The molecule has 9 heteroatoms. The van der Waals surface area contributed by atoms with Crippen LogP contribution in [0, 0.1) is 0 Å². The van der Waals surface area contributed by atoms with Crippen molar-refractivity contribution in [2.45, 2.75) is 37.6 Å². The molecular weight excluding hydrogens is 348 g/mol. The Morgan fingerprint density at radius 1 is 1.24 bits per heavy atom. The average molecular weight is 368 g/mol. The van der Waals surface area contributed by atoms with E-state index in [1.54, 1.807) is 6.92 Å². The van der Waals surface area contributed by atoms with Gasteiger partial charge in [-0.25, -0.2) is 13.2 Å². The number of sulfonamides is 1. The van der Waals surface area contributed by atoms with Crippen LogP contribution in [0.5, 0.6) is 0 Å². The number of aromatic nitrogens is 1. The maximum absolute atomic E-state index is 12.7. The number of ether oxygens (including phenoxy) is 1. The van der Waals surface area contributed by atoms with Crippen LogP contribution in [0.25, 0.3) is 11.1 Å². The number of nitrogens with zero attached hydrogens (tertiary/aromatic N) is 2. The standard InChI is InChI=1S/C16H20N2O6S/c1-2-23-15(19)11-18-13-7-6-12(10-14(13)24-16(18)20)25(21,22)17-8-4-3-5-9-17/h6-7,10H,2-5,8-9,11H2,1H3.